The van der Waals surface area contributed by atoms with E-state index in [-0.39, 0.29) is 0 Å². The highest BCUT2D eigenvalue weighted by Gasteiger charge is 2.31. The Morgan fingerprint density at radius 1 is 1.30 bits per heavy atom. The topological polar surface area (TPSA) is 20.3 Å². The fourth-order valence-electron chi connectivity index (χ4n) is 0.121. The monoisotopic (exact) mass is 279 g/mol. The third-order valence-corrected chi connectivity index (χ3v) is 8.67. The van der Waals surface area contributed by atoms with Crippen molar-refractivity contribution in [2.24, 2.45) is 0 Å². The van der Waals surface area contributed by atoms with E-state index in [0.717, 1.165) is 4.44 Å². The zero-order valence-corrected chi connectivity index (χ0v) is 10.3. The zero-order valence-electron chi connectivity index (χ0n) is 4.67. The molecule has 0 aliphatic heterocycles. The van der Waals surface area contributed by atoms with Crippen molar-refractivity contribution in [1.82, 2.24) is 4.44 Å². The van der Waals surface area contributed by atoms with Crippen LogP contribution < -0.4 is 0 Å². The molecule has 10 heavy (non-hydrogen) atoms. The van der Waals surface area contributed by atoms with Crippen molar-refractivity contribution in [1.29, 1.82) is 0 Å². The van der Waals surface area contributed by atoms with Crippen LogP contribution in [0.1, 0.15) is 0 Å². The third-order valence-electron chi connectivity index (χ3n) is 0.674. The van der Waals surface area contributed by atoms with Gasteiger partial charge >= 0.3 is 6.00 Å². The molecule has 62 valence electrons. The van der Waals surface area contributed by atoms with Gasteiger partial charge in [0.2, 0.25) is 0 Å². The average Bonchev–Trinajstić information content (AvgIpc) is 1.59. The fraction of sp³-hybridized carbons (Fsp3) is 1.00. The Balaban J connectivity index is 4.56. The van der Waals surface area contributed by atoms with Crippen LogP contribution in [0.3, 0.4) is 0 Å². The second-order valence-corrected chi connectivity index (χ2v) is 14.1. The van der Waals surface area contributed by atoms with E-state index in [1.807, 2.05) is 0 Å². The summed E-state index contributed by atoms with van der Waals surface area (Å²) in [5, 5.41) is 0. The van der Waals surface area contributed by atoms with E-state index >= 15 is 0 Å². The first-order valence-corrected chi connectivity index (χ1v) is 9.92. The van der Waals surface area contributed by atoms with Crippen molar-refractivity contribution >= 4 is 67.7 Å². The highest BCUT2D eigenvalue weighted by atomic mass is 35.9. The Hall–Kier alpha value is 2.00. The van der Waals surface area contributed by atoms with Gasteiger partial charge in [-0.25, -0.2) is 0 Å². The van der Waals surface area contributed by atoms with Gasteiger partial charge < -0.3 is 0 Å². The van der Waals surface area contributed by atoms with Gasteiger partial charge in [-0.1, -0.05) is 22.5 Å². The molecule has 0 aliphatic rings. The van der Waals surface area contributed by atoms with Crippen molar-refractivity contribution in [2.45, 2.75) is 0 Å². The van der Waals surface area contributed by atoms with Crippen molar-refractivity contribution in [3.63, 3.8) is 0 Å². The molecule has 2 nitrogen and oxygen atoms in total. The average molecular weight is 281 g/mol. The van der Waals surface area contributed by atoms with Crippen LogP contribution in [0.4, 0.5) is 0 Å². The van der Waals surface area contributed by atoms with Gasteiger partial charge in [0.15, 0.2) is 4.89 Å². The standard InChI is InChI=1S/CH3Cl4NOP2S/c1-6(8(2,3)7)9(4,5)10/h1H3. The Kier molecular flexibility index (Phi) is 4.57. The van der Waals surface area contributed by atoms with Crippen LogP contribution in [0.2, 0.25) is 0 Å². The number of rotatable bonds is 2. The molecule has 0 aliphatic carbocycles. The molecule has 0 saturated carbocycles. The maximum Gasteiger partial charge on any atom is 0.327 e. The molecule has 0 unspecified atom stereocenters. The van der Waals surface area contributed by atoms with E-state index in [1.165, 1.54) is 7.05 Å². The van der Waals surface area contributed by atoms with E-state index in [9.17, 15) is 4.57 Å². The molecule has 0 bridgehead atoms. The van der Waals surface area contributed by atoms with Crippen LogP contribution in [0.15, 0.2) is 0 Å². The van der Waals surface area contributed by atoms with Crippen molar-refractivity contribution < 1.29 is 4.57 Å². The van der Waals surface area contributed by atoms with Gasteiger partial charge in [-0.05, 0) is 34.3 Å². The molecular formula is CH3Cl4NOP2S. The second kappa shape index (κ2) is 3.81. The maximum absolute atomic E-state index is 10.8. The molecule has 0 fully saturated rings. The molecule has 0 aromatic heterocycles. The highest BCUT2D eigenvalue weighted by Crippen LogP contribution is 2.75. The quantitative estimate of drug-likeness (QED) is 0.707. The summed E-state index contributed by atoms with van der Waals surface area (Å²) in [4.78, 5) is -2.79. The number of hydrogen-bond acceptors (Lipinski definition) is 2. The summed E-state index contributed by atoms with van der Waals surface area (Å²) in [5.41, 5.74) is 0. The van der Waals surface area contributed by atoms with Crippen LogP contribution in [0, 0.1) is 0 Å². The van der Waals surface area contributed by atoms with Gasteiger partial charge in [0.05, 0.1) is 0 Å². The Morgan fingerprint density at radius 2 is 1.60 bits per heavy atom. The van der Waals surface area contributed by atoms with Gasteiger partial charge in [-0.15, -0.1) is 0 Å². The predicted molar refractivity (Wildman–Crippen MR) is 53.1 cm³/mol. The van der Waals surface area contributed by atoms with Gasteiger partial charge in [0.25, 0.3) is 0 Å². The number of nitrogens with zero attached hydrogens (tertiary/aromatic N) is 1. The highest BCUT2D eigenvalue weighted by molar-refractivity contribution is 8.40. The van der Waals surface area contributed by atoms with Gasteiger partial charge in [0.1, 0.15) is 0 Å². The second-order valence-electron chi connectivity index (χ2n) is 1.36. The minimum Gasteiger partial charge on any atom is -0.271 e. The van der Waals surface area contributed by atoms with Crippen molar-refractivity contribution in [2.75, 3.05) is 7.05 Å². The van der Waals surface area contributed by atoms with Crippen LogP contribution in [0.5, 0.6) is 0 Å². The summed E-state index contributed by atoms with van der Waals surface area (Å²) in [6.07, 6.45) is 0. The summed E-state index contributed by atoms with van der Waals surface area (Å²) in [5.74, 6) is -3.42. The molecule has 0 atom stereocenters. The summed E-state index contributed by atoms with van der Waals surface area (Å²) in [6.45, 7) is 0. The summed E-state index contributed by atoms with van der Waals surface area (Å²) < 4.78 is 11.7. The normalized spacial score (nSPS) is 14.2. The van der Waals surface area contributed by atoms with E-state index in [1.54, 1.807) is 0 Å². The van der Waals surface area contributed by atoms with Crippen LogP contribution in [0.25, 0.3) is 0 Å². The minimum absolute atomic E-state index is 0.918. The molecule has 0 amide bonds. The smallest absolute Gasteiger partial charge is 0.271 e. The van der Waals surface area contributed by atoms with E-state index < -0.39 is 10.9 Å². The SMILES string of the molecule is CN(P(=O)(Cl)Cl)P(=S)(Cl)Cl. The Bertz CT molecular complexity index is 185. The summed E-state index contributed by atoms with van der Waals surface area (Å²) >= 11 is 25.9. The van der Waals surface area contributed by atoms with Gasteiger partial charge in [-0.3, -0.25) is 4.57 Å². The number of hydrogen-bond donors (Lipinski definition) is 0. The molecule has 0 aromatic rings. The van der Waals surface area contributed by atoms with Crippen molar-refractivity contribution in [3.05, 3.63) is 0 Å². The molecule has 0 aromatic carbocycles. The van der Waals surface area contributed by atoms with Crippen LogP contribution in [-0.2, 0) is 16.4 Å². The molecule has 0 N–H and O–H groups in total. The van der Waals surface area contributed by atoms with Gasteiger partial charge in [-0.2, -0.15) is 4.44 Å². The predicted octanol–water partition coefficient (Wildman–Crippen LogP) is 4.21. The largest absolute Gasteiger partial charge is 0.327 e. The maximum atomic E-state index is 10.8. The molecule has 9 heteroatoms. The summed E-state index contributed by atoms with van der Waals surface area (Å²) in [6, 6.07) is 0. The molecule has 0 saturated heterocycles. The fourth-order valence-corrected chi connectivity index (χ4v) is 7.52. The lowest BCUT2D eigenvalue weighted by Gasteiger charge is -2.19. The minimum atomic E-state index is -3.42. The lowest BCUT2D eigenvalue weighted by Crippen LogP contribution is -1.98. The first-order chi connectivity index (χ1) is 4.15. The molecule has 0 radical (unpaired) electrons. The first kappa shape index (κ1) is 12.0. The molecule has 0 spiro atoms. The lowest BCUT2D eigenvalue weighted by molar-refractivity contribution is 0.573. The Labute approximate surface area is 83.4 Å². The van der Waals surface area contributed by atoms with Gasteiger partial charge in [0, 0.05) is 7.05 Å². The third kappa shape index (κ3) is 4.13. The van der Waals surface area contributed by atoms with Crippen LogP contribution >= 0.6 is 55.9 Å². The number of halogens is 4. The van der Waals surface area contributed by atoms with Crippen molar-refractivity contribution in [3.8, 4) is 0 Å². The molecular weight excluding hydrogens is 278 g/mol. The first-order valence-electron chi connectivity index (χ1n) is 1.89. The Morgan fingerprint density at radius 3 is 1.60 bits per heavy atom. The van der Waals surface area contributed by atoms with E-state index in [2.05, 4.69) is 11.8 Å². The molecule has 0 heterocycles. The zero-order chi connectivity index (χ0) is 8.58. The molecule has 0 rings (SSSR count). The lowest BCUT2D eigenvalue weighted by atomic mass is 11.6. The van der Waals surface area contributed by atoms with E-state index in [0.29, 0.717) is 0 Å². The summed E-state index contributed by atoms with van der Waals surface area (Å²) in [7, 11) is 1.32. The van der Waals surface area contributed by atoms with E-state index in [4.69, 9.17) is 45.0 Å². The van der Waals surface area contributed by atoms with Crippen LogP contribution in [-0.4, -0.2) is 11.5 Å².